The molecule has 0 aromatic heterocycles. The van der Waals surface area contributed by atoms with Crippen molar-refractivity contribution in [2.24, 2.45) is 4.99 Å². The summed E-state index contributed by atoms with van der Waals surface area (Å²) < 4.78 is 6.25. The zero-order chi connectivity index (χ0) is 16.4. The van der Waals surface area contributed by atoms with E-state index in [1.54, 1.807) is 13.2 Å². The first-order valence-corrected chi connectivity index (χ1v) is 8.31. The van der Waals surface area contributed by atoms with Crippen LogP contribution < -0.4 is 10.1 Å². The maximum atomic E-state index is 10.2. The SMILES string of the molecule is COc1cccc(C2=NC(C)NC(c3cc(Br)ccc3O)C2)c1. The molecule has 4 nitrogen and oxygen atoms in total. The highest BCUT2D eigenvalue weighted by atomic mass is 79.9. The fourth-order valence-electron chi connectivity index (χ4n) is 2.87. The standard InChI is InChI=1S/C18H19BrN2O2/c1-11-20-16(12-4-3-5-14(8-12)23-2)10-17(21-11)15-9-13(19)6-7-18(15)22/h3-9,11,17,21-22H,10H2,1-2H3. The Balaban J connectivity index is 1.93. The van der Waals surface area contributed by atoms with Crippen molar-refractivity contribution in [3.05, 3.63) is 58.1 Å². The zero-order valence-corrected chi connectivity index (χ0v) is 14.7. The number of methoxy groups -OCH3 is 1. The lowest BCUT2D eigenvalue weighted by Crippen LogP contribution is -2.36. The monoisotopic (exact) mass is 374 g/mol. The fraction of sp³-hybridized carbons (Fsp3) is 0.278. The number of aliphatic imine (C=N–C) groups is 1. The molecule has 0 aliphatic carbocycles. The lowest BCUT2D eigenvalue weighted by atomic mass is 9.94. The van der Waals surface area contributed by atoms with Crippen LogP contribution in [0, 0.1) is 0 Å². The zero-order valence-electron chi connectivity index (χ0n) is 13.1. The van der Waals surface area contributed by atoms with E-state index in [1.807, 2.05) is 43.3 Å². The topological polar surface area (TPSA) is 53.8 Å². The van der Waals surface area contributed by atoms with Gasteiger partial charge in [0, 0.05) is 28.2 Å². The van der Waals surface area contributed by atoms with Crippen molar-refractivity contribution >= 4 is 21.6 Å². The molecular formula is C18H19BrN2O2. The Hall–Kier alpha value is -1.85. The van der Waals surface area contributed by atoms with Gasteiger partial charge in [-0.1, -0.05) is 28.1 Å². The van der Waals surface area contributed by atoms with Crippen molar-refractivity contribution in [2.45, 2.75) is 25.6 Å². The van der Waals surface area contributed by atoms with Crippen molar-refractivity contribution in [2.75, 3.05) is 7.11 Å². The van der Waals surface area contributed by atoms with Gasteiger partial charge in [0.1, 0.15) is 11.5 Å². The van der Waals surface area contributed by atoms with Gasteiger partial charge in [0.05, 0.1) is 13.3 Å². The van der Waals surface area contributed by atoms with Gasteiger partial charge >= 0.3 is 0 Å². The number of halogens is 1. The molecule has 5 heteroatoms. The van der Waals surface area contributed by atoms with Crippen molar-refractivity contribution in [3.63, 3.8) is 0 Å². The van der Waals surface area contributed by atoms with Crippen LogP contribution in [0.15, 0.2) is 51.9 Å². The highest BCUT2D eigenvalue weighted by molar-refractivity contribution is 9.10. The lowest BCUT2D eigenvalue weighted by Gasteiger charge is -2.29. The van der Waals surface area contributed by atoms with Gasteiger partial charge in [0.2, 0.25) is 0 Å². The number of hydrogen-bond acceptors (Lipinski definition) is 4. The quantitative estimate of drug-likeness (QED) is 0.852. The Morgan fingerprint density at radius 3 is 2.87 bits per heavy atom. The number of phenolic OH excluding ortho intramolecular Hbond substituents is 1. The molecule has 2 N–H and O–H groups in total. The Morgan fingerprint density at radius 2 is 2.09 bits per heavy atom. The largest absolute Gasteiger partial charge is 0.508 e. The first-order chi connectivity index (χ1) is 11.1. The number of rotatable bonds is 3. The first-order valence-electron chi connectivity index (χ1n) is 7.52. The molecule has 2 aromatic rings. The molecule has 0 radical (unpaired) electrons. The van der Waals surface area contributed by atoms with Crippen LogP contribution in [0.3, 0.4) is 0 Å². The van der Waals surface area contributed by atoms with E-state index in [-0.39, 0.29) is 12.2 Å². The van der Waals surface area contributed by atoms with Crippen molar-refractivity contribution < 1.29 is 9.84 Å². The average molecular weight is 375 g/mol. The van der Waals surface area contributed by atoms with Crippen LogP contribution in [0.25, 0.3) is 0 Å². The Morgan fingerprint density at radius 1 is 1.26 bits per heavy atom. The molecular weight excluding hydrogens is 356 g/mol. The average Bonchev–Trinajstić information content (AvgIpc) is 2.56. The summed E-state index contributed by atoms with van der Waals surface area (Å²) >= 11 is 3.47. The summed E-state index contributed by atoms with van der Waals surface area (Å²) in [6.45, 7) is 2.02. The molecule has 1 aliphatic rings. The molecule has 2 atom stereocenters. The third-order valence-corrected chi connectivity index (χ3v) is 4.45. The van der Waals surface area contributed by atoms with Gasteiger partial charge in [-0.05, 0) is 42.8 Å². The molecule has 2 aromatic carbocycles. The predicted molar refractivity (Wildman–Crippen MR) is 95.3 cm³/mol. The maximum absolute atomic E-state index is 10.2. The van der Waals surface area contributed by atoms with Gasteiger partial charge in [-0.25, -0.2) is 0 Å². The number of phenols is 1. The molecule has 2 unspecified atom stereocenters. The van der Waals surface area contributed by atoms with Crippen LogP contribution in [-0.2, 0) is 0 Å². The van der Waals surface area contributed by atoms with Crippen LogP contribution >= 0.6 is 15.9 Å². The van der Waals surface area contributed by atoms with E-state index in [9.17, 15) is 5.11 Å². The summed E-state index contributed by atoms with van der Waals surface area (Å²) in [6.07, 6.45) is 0.690. The van der Waals surface area contributed by atoms with E-state index in [1.165, 1.54) is 0 Å². The van der Waals surface area contributed by atoms with Crippen molar-refractivity contribution in [1.29, 1.82) is 0 Å². The van der Waals surface area contributed by atoms with E-state index in [2.05, 4.69) is 21.2 Å². The fourth-order valence-corrected chi connectivity index (χ4v) is 3.25. The van der Waals surface area contributed by atoms with Crippen molar-refractivity contribution in [3.8, 4) is 11.5 Å². The first kappa shape index (κ1) is 16.0. The van der Waals surface area contributed by atoms with Crippen molar-refractivity contribution in [1.82, 2.24) is 5.32 Å². The predicted octanol–water partition coefficient (Wildman–Crippen LogP) is 4.03. The summed E-state index contributed by atoms with van der Waals surface area (Å²) in [4.78, 5) is 4.71. The molecule has 0 fully saturated rings. The van der Waals surface area contributed by atoms with Gasteiger partial charge in [0.25, 0.3) is 0 Å². The number of hydrogen-bond donors (Lipinski definition) is 2. The third-order valence-electron chi connectivity index (χ3n) is 3.96. The van der Waals surface area contributed by atoms with Crippen LogP contribution in [0.2, 0.25) is 0 Å². The molecule has 0 amide bonds. The van der Waals surface area contributed by atoms with E-state index in [0.29, 0.717) is 12.2 Å². The van der Waals surface area contributed by atoms with Gasteiger partial charge < -0.3 is 9.84 Å². The van der Waals surface area contributed by atoms with E-state index < -0.39 is 0 Å². The van der Waals surface area contributed by atoms with Gasteiger partial charge in [-0.2, -0.15) is 0 Å². The summed E-state index contributed by atoms with van der Waals surface area (Å²) in [5, 5.41) is 13.6. The van der Waals surface area contributed by atoms with E-state index in [4.69, 9.17) is 9.73 Å². The number of nitrogens with zero attached hydrogens (tertiary/aromatic N) is 1. The van der Waals surface area contributed by atoms with Crippen LogP contribution in [0.1, 0.15) is 30.5 Å². The smallest absolute Gasteiger partial charge is 0.120 e. The molecule has 120 valence electrons. The second kappa shape index (κ2) is 6.72. The minimum Gasteiger partial charge on any atom is -0.508 e. The summed E-state index contributed by atoms with van der Waals surface area (Å²) in [5.74, 6) is 1.11. The Kier molecular flexibility index (Phi) is 4.68. The summed E-state index contributed by atoms with van der Waals surface area (Å²) in [5.41, 5.74) is 2.94. The maximum Gasteiger partial charge on any atom is 0.120 e. The normalized spacial score (nSPS) is 20.9. The number of ether oxygens (including phenoxy) is 1. The minimum atomic E-state index is -0.0201. The highest BCUT2D eigenvalue weighted by Gasteiger charge is 2.25. The summed E-state index contributed by atoms with van der Waals surface area (Å²) in [7, 11) is 1.66. The van der Waals surface area contributed by atoms with Crippen LogP contribution in [0.4, 0.5) is 0 Å². The lowest BCUT2D eigenvalue weighted by molar-refractivity contribution is 0.413. The second-order valence-corrected chi connectivity index (χ2v) is 6.53. The van der Waals surface area contributed by atoms with Gasteiger partial charge in [-0.3, -0.25) is 10.3 Å². The summed E-state index contributed by atoms with van der Waals surface area (Å²) in [6, 6.07) is 13.4. The van der Waals surface area contributed by atoms with Crippen LogP contribution in [-0.4, -0.2) is 24.1 Å². The molecule has 0 saturated heterocycles. The molecule has 23 heavy (non-hydrogen) atoms. The van der Waals surface area contributed by atoms with E-state index in [0.717, 1.165) is 27.1 Å². The number of benzene rings is 2. The van der Waals surface area contributed by atoms with Gasteiger partial charge in [-0.15, -0.1) is 0 Å². The van der Waals surface area contributed by atoms with E-state index >= 15 is 0 Å². The Labute approximate surface area is 144 Å². The number of aromatic hydroxyl groups is 1. The molecule has 0 spiro atoms. The number of nitrogens with one attached hydrogen (secondary N) is 1. The highest BCUT2D eigenvalue weighted by Crippen LogP contribution is 2.33. The molecule has 1 aliphatic heterocycles. The van der Waals surface area contributed by atoms with Crippen LogP contribution in [0.5, 0.6) is 11.5 Å². The molecule has 0 saturated carbocycles. The Bertz CT molecular complexity index is 746. The van der Waals surface area contributed by atoms with Gasteiger partial charge in [0.15, 0.2) is 0 Å². The minimum absolute atomic E-state index is 0.0150. The molecule has 3 rings (SSSR count). The second-order valence-electron chi connectivity index (χ2n) is 5.61. The molecule has 0 bridgehead atoms. The molecule has 1 heterocycles. The third kappa shape index (κ3) is 3.57.